The van der Waals surface area contributed by atoms with Gasteiger partial charge in [0.1, 0.15) is 5.52 Å². The summed E-state index contributed by atoms with van der Waals surface area (Å²) >= 11 is 7.08. The molecule has 1 fully saturated rings. The molecule has 6 heteroatoms. The summed E-state index contributed by atoms with van der Waals surface area (Å²) in [4.78, 5) is 4.42. The average molecular weight is 417 g/mol. The molecule has 0 radical (unpaired) electrons. The summed E-state index contributed by atoms with van der Waals surface area (Å²) in [6, 6.07) is 5.90. The van der Waals surface area contributed by atoms with Gasteiger partial charge >= 0.3 is 0 Å². The molecule has 1 aromatic heterocycles. The SMILES string of the molecule is Brc1cc(Br)c2cccnc2c1OCCC1OCCCO1. The van der Waals surface area contributed by atoms with E-state index in [1.807, 2.05) is 18.2 Å². The molecule has 0 spiro atoms. The van der Waals surface area contributed by atoms with Crippen LogP contribution in [0.3, 0.4) is 0 Å². The van der Waals surface area contributed by atoms with Crippen molar-refractivity contribution in [2.24, 2.45) is 0 Å². The van der Waals surface area contributed by atoms with Gasteiger partial charge in [-0.2, -0.15) is 0 Å². The van der Waals surface area contributed by atoms with Crippen molar-refractivity contribution < 1.29 is 14.2 Å². The molecule has 1 aliphatic rings. The normalized spacial score (nSPS) is 16.3. The highest BCUT2D eigenvalue weighted by Gasteiger charge is 2.16. The third kappa shape index (κ3) is 3.56. The molecule has 0 N–H and O–H groups in total. The Labute approximate surface area is 140 Å². The van der Waals surface area contributed by atoms with Crippen LogP contribution in [-0.2, 0) is 9.47 Å². The summed E-state index contributed by atoms with van der Waals surface area (Å²) in [7, 11) is 0. The van der Waals surface area contributed by atoms with Crippen LogP contribution in [0.15, 0.2) is 33.3 Å². The molecule has 0 amide bonds. The molecule has 3 rings (SSSR count). The van der Waals surface area contributed by atoms with Crippen LogP contribution in [0.4, 0.5) is 0 Å². The van der Waals surface area contributed by atoms with Crippen LogP contribution in [0, 0.1) is 0 Å². The second-order valence-electron chi connectivity index (χ2n) is 4.73. The van der Waals surface area contributed by atoms with Gasteiger partial charge in [-0.05, 0) is 34.5 Å². The highest BCUT2D eigenvalue weighted by Crippen LogP contribution is 2.37. The van der Waals surface area contributed by atoms with Gasteiger partial charge in [-0.1, -0.05) is 22.0 Å². The van der Waals surface area contributed by atoms with Crippen LogP contribution in [0.5, 0.6) is 5.75 Å². The molecule has 1 aromatic carbocycles. The number of hydrogen-bond acceptors (Lipinski definition) is 4. The number of nitrogens with zero attached hydrogens (tertiary/aromatic N) is 1. The molecule has 0 unspecified atom stereocenters. The summed E-state index contributed by atoms with van der Waals surface area (Å²) in [5.74, 6) is 0.754. The number of pyridine rings is 1. The van der Waals surface area contributed by atoms with E-state index in [0.29, 0.717) is 13.0 Å². The van der Waals surface area contributed by atoms with Crippen LogP contribution < -0.4 is 4.74 Å². The number of benzene rings is 1. The lowest BCUT2D eigenvalue weighted by Gasteiger charge is -2.23. The first-order valence-electron chi connectivity index (χ1n) is 6.84. The summed E-state index contributed by atoms with van der Waals surface area (Å²) in [6.07, 6.45) is 3.27. The molecule has 1 aliphatic heterocycles. The molecule has 0 atom stereocenters. The minimum absolute atomic E-state index is 0.160. The van der Waals surface area contributed by atoms with Crippen molar-refractivity contribution in [3.63, 3.8) is 0 Å². The Balaban J connectivity index is 1.74. The van der Waals surface area contributed by atoms with E-state index in [4.69, 9.17) is 14.2 Å². The van der Waals surface area contributed by atoms with Gasteiger partial charge in [-0.25, -0.2) is 0 Å². The van der Waals surface area contributed by atoms with E-state index in [-0.39, 0.29) is 6.29 Å². The molecule has 4 nitrogen and oxygen atoms in total. The van der Waals surface area contributed by atoms with E-state index < -0.39 is 0 Å². The molecule has 112 valence electrons. The van der Waals surface area contributed by atoms with Crippen molar-refractivity contribution in [3.05, 3.63) is 33.3 Å². The highest BCUT2D eigenvalue weighted by atomic mass is 79.9. The fraction of sp³-hybridized carbons (Fsp3) is 0.400. The largest absolute Gasteiger partial charge is 0.490 e. The Morgan fingerprint density at radius 3 is 2.86 bits per heavy atom. The van der Waals surface area contributed by atoms with E-state index >= 15 is 0 Å². The van der Waals surface area contributed by atoms with E-state index in [1.54, 1.807) is 6.20 Å². The summed E-state index contributed by atoms with van der Waals surface area (Å²) in [5.41, 5.74) is 0.837. The number of rotatable bonds is 4. The molecule has 21 heavy (non-hydrogen) atoms. The van der Waals surface area contributed by atoms with Gasteiger partial charge in [0.15, 0.2) is 12.0 Å². The summed E-state index contributed by atoms with van der Waals surface area (Å²) in [6.45, 7) is 2.05. The molecule has 0 aliphatic carbocycles. The fourth-order valence-electron chi connectivity index (χ4n) is 2.24. The third-order valence-electron chi connectivity index (χ3n) is 3.25. The number of ether oxygens (including phenoxy) is 3. The quantitative estimate of drug-likeness (QED) is 0.745. The smallest absolute Gasteiger partial charge is 0.160 e. The second-order valence-corrected chi connectivity index (χ2v) is 6.44. The molecule has 2 aromatic rings. The minimum atomic E-state index is -0.160. The zero-order valence-corrected chi connectivity index (χ0v) is 14.5. The van der Waals surface area contributed by atoms with Gasteiger partial charge in [0.2, 0.25) is 0 Å². The van der Waals surface area contributed by atoms with Gasteiger partial charge in [-0.15, -0.1) is 0 Å². The van der Waals surface area contributed by atoms with Crippen LogP contribution in [0.25, 0.3) is 10.9 Å². The lowest BCUT2D eigenvalue weighted by Crippen LogP contribution is -2.26. The van der Waals surface area contributed by atoms with Crippen molar-refractivity contribution >= 4 is 42.8 Å². The van der Waals surface area contributed by atoms with Crippen LogP contribution in [0.1, 0.15) is 12.8 Å². The highest BCUT2D eigenvalue weighted by molar-refractivity contribution is 9.11. The maximum atomic E-state index is 5.92. The maximum absolute atomic E-state index is 5.92. The predicted octanol–water partition coefficient (Wildman–Crippen LogP) is 4.29. The van der Waals surface area contributed by atoms with Gasteiger partial charge < -0.3 is 14.2 Å². The van der Waals surface area contributed by atoms with Crippen LogP contribution in [0.2, 0.25) is 0 Å². The van der Waals surface area contributed by atoms with Crippen LogP contribution >= 0.6 is 31.9 Å². The monoisotopic (exact) mass is 415 g/mol. The molecule has 0 bridgehead atoms. The van der Waals surface area contributed by atoms with Gasteiger partial charge in [0, 0.05) is 22.5 Å². The van der Waals surface area contributed by atoms with Crippen molar-refractivity contribution in [3.8, 4) is 5.75 Å². The van der Waals surface area contributed by atoms with E-state index in [9.17, 15) is 0 Å². The Morgan fingerprint density at radius 2 is 2.05 bits per heavy atom. The lowest BCUT2D eigenvalue weighted by molar-refractivity contribution is -0.183. The number of fused-ring (bicyclic) bond motifs is 1. The Kier molecular flexibility index (Phi) is 5.11. The standard InChI is InChI=1S/C15H15Br2NO3/c16-11-9-12(17)15(14-10(11)3-1-5-18-14)21-8-4-13-19-6-2-7-20-13/h1,3,5,9,13H,2,4,6-8H2. The van der Waals surface area contributed by atoms with Crippen molar-refractivity contribution in [1.29, 1.82) is 0 Å². The van der Waals surface area contributed by atoms with Gasteiger partial charge in [-0.3, -0.25) is 4.98 Å². The summed E-state index contributed by atoms with van der Waals surface area (Å²) < 4.78 is 18.8. The second kappa shape index (κ2) is 7.05. The molecular formula is C15H15Br2NO3. The van der Waals surface area contributed by atoms with Crippen molar-refractivity contribution in [1.82, 2.24) is 4.98 Å². The molecule has 2 heterocycles. The Hall–Kier alpha value is -0.690. The van der Waals surface area contributed by atoms with Crippen molar-refractivity contribution in [2.75, 3.05) is 19.8 Å². The van der Waals surface area contributed by atoms with E-state index in [0.717, 1.165) is 45.2 Å². The number of aromatic nitrogens is 1. The van der Waals surface area contributed by atoms with Gasteiger partial charge in [0.05, 0.1) is 24.3 Å². The average Bonchev–Trinajstić information content (AvgIpc) is 2.51. The third-order valence-corrected chi connectivity index (χ3v) is 4.49. The first-order chi connectivity index (χ1) is 10.3. The van der Waals surface area contributed by atoms with Gasteiger partial charge in [0.25, 0.3) is 0 Å². The minimum Gasteiger partial charge on any atom is -0.490 e. The Morgan fingerprint density at radius 1 is 1.24 bits per heavy atom. The van der Waals surface area contributed by atoms with Crippen molar-refractivity contribution in [2.45, 2.75) is 19.1 Å². The topological polar surface area (TPSA) is 40.6 Å². The van der Waals surface area contributed by atoms with E-state index in [1.165, 1.54) is 0 Å². The molecule has 1 saturated heterocycles. The maximum Gasteiger partial charge on any atom is 0.160 e. The first kappa shape index (κ1) is 15.2. The molecule has 0 saturated carbocycles. The number of halogens is 2. The lowest BCUT2D eigenvalue weighted by atomic mass is 10.2. The number of hydrogen-bond donors (Lipinski definition) is 0. The first-order valence-corrected chi connectivity index (χ1v) is 8.43. The summed E-state index contributed by atoms with van der Waals surface area (Å²) in [5, 5.41) is 1.03. The molecular weight excluding hydrogens is 402 g/mol. The zero-order chi connectivity index (χ0) is 14.7. The zero-order valence-electron chi connectivity index (χ0n) is 11.4. The predicted molar refractivity (Wildman–Crippen MR) is 87.6 cm³/mol. The van der Waals surface area contributed by atoms with E-state index in [2.05, 4.69) is 36.8 Å². The Bertz CT molecular complexity index is 630. The van der Waals surface area contributed by atoms with Crippen LogP contribution in [-0.4, -0.2) is 31.1 Å². The fourth-order valence-corrected chi connectivity index (χ4v) is 3.63.